The second kappa shape index (κ2) is 7.01. The minimum absolute atomic E-state index is 0.303. The summed E-state index contributed by atoms with van der Waals surface area (Å²) >= 11 is 0. The average Bonchev–Trinajstić information content (AvgIpc) is 2.45. The van der Waals surface area contributed by atoms with Gasteiger partial charge in [0.05, 0.1) is 5.69 Å². The lowest BCUT2D eigenvalue weighted by atomic mass is 9.85. The van der Waals surface area contributed by atoms with Crippen LogP contribution in [0.2, 0.25) is 0 Å². The van der Waals surface area contributed by atoms with E-state index in [0.717, 1.165) is 24.4 Å². The first kappa shape index (κ1) is 14.5. The number of hydrogen-bond acceptors (Lipinski definition) is 3. The lowest BCUT2D eigenvalue weighted by molar-refractivity contribution is 0.152. The highest BCUT2D eigenvalue weighted by atomic mass is 16.3. The van der Waals surface area contributed by atoms with Crippen LogP contribution in [0.1, 0.15) is 56.8 Å². The van der Waals surface area contributed by atoms with Crippen molar-refractivity contribution in [3.63, 3.8) is 0 Å². The summed E-state index contributed by atoms with van der Waals surface area (Å²) in [5.74, 6) is 0.891. The fourth-order valence-corrected chi connectivity index (χ4v) is 2.85. The second-order valence-corrected chi connectivity index (χ2v) is 5.92. The van der Waals surface area contributed by atoms with E-state index in [0.29, 0.717) is 24.5 Å². The van der Waals surface area contributed by atoms with Crippen molar-refractivity contribution >= 4 is 0 Å². The van der Waals surface area contributed by atoms with E-state index in [1.807, 2.05) is 0 Å². The highest BCUT2D eigenvalue weighted by Gasteiger charge is 2.23. The number of aromatic nitrogens is 1. The number of pyridine rings is 1. The molecule has 106 valence electrons. The molecule has 1 heterocycles. The Bertz CT molecular complexity index is 392. The number of rotatable bonds is 5. The molecule has 0 saturated heterocycles. The highest BCUT2D eigenvalue weighted by Crippen LogP contribution is 2.24. The number of hydrogen-bond donors (Lipinski definition) is 2. The van der Waals surface area contributed by atoms with E-state index < -0.39 is 0 Å². The van der Waals surface area contributed by atoms with Crippen molar-refractivity contribution in [2.75, 3.05) is 6.61 Å². The van der Waals surface area contributed by atoms with Crippen LogP contribution in [0.15, 0.2) is 18.2 Å². The highest BCUT2D eigenvalue weighted by molar-refractivity contribution is 5.13. The molecule has 0 aromatic carbocycles. The van der Waals surface area contributed by atoms with Crippen LogP contribution in [0.5, 0.6) is 0 Å². The molecule has 1 aliphatic rings. The molecule has 0 amide bonds. The van der Waals surface area contributed by atoms with Gasteiger partial charge in [0.25, 0.3) is 0 Å². The van der Waals surface area contributed by atoms with Crippen LogP contribution in [-0.2, 0) is 6.54 Å². The molecule has 0 aliphatic heterocycles. The average molecular weight is 262 g/mol. The van der Waals surface area contributed by atoms with Gasteiger partial charge < -0.3 is 10.4 Å². The van der Waals surface area contributed by atoms with E-state index in [9.17, 15) is 5.11 Å². The summed E-state index contributed by atoms with van der Waals surface area (Å²) in [5, 5.41) is 13.0. The molecule has 19 heavy (non-hydrogen) atoms. The Balaban J connectivity index is 1.92. The van der Waals surface area contributed by atoms with E-state index in [2.05, 4.69) is 42.3 Å². The van der Waals surface area contributed by atoms with E-state index in [-0.39, 0.29) is 0 Å². The zero-order valence-corrected chi connectivity index (χ0v) is 12.1. The van der Waals surface area contributed by atoms with Gasteiger partial charge in [0.15, 0.2) is 0 Å². The van der Waals surface area contributed by atoms with Crippen molar-refractivity contribution in [1.82, 2.24) is 10.3 Å². The topological polar surface area (TPSA) is 45.1 Å². The quantitative estimate of drug-likeness (QED) is 0.857. The summed E-state index contributed by atoms with van der Waals surface area (Å²) in [5.41, 5.74) is 2.26. The first-order valence-electron chi connectivity index (χ1n) is 7.50. The van der Waals surface area contributed by atoms with Crippen LogP contribution in [0.3, 0.4) is 0 Å². The van der Waals surface area contributed by atoms with E-state index in [1.54, 1.807) is 0 Å². The van der Waals surface area contributed by atoms with E-state index in [1.165, 1.54) is 19.3 Å². The molecule has 3 nitrogen and oxygen atoms in total. The molecule has 0 spiro atoms. The molecule has 2 atom stereocenters. The monoisotopic (exact) mass is 262 g/mol. The first-order valence-corrected chi connectivity index (χ1v) is 7.50. The molecule has 1 aromatic rings. The Labute approximate surface area is 116 Å². The predicted molar refractivity (Wildman–Crippen MR) is 78.0 cm³/mol. The number of nitrogens with zero attached hydrogens (tertiary/aromatic N) is 1. The van der Waals surface area contributed by atoms with E-state index in [4.69, 9.17) is 0 Å². The third-order valence-corrected chi connectivity index (χ3v) is 4.11. The van der Waals surface area contributed by atoms with Crippen molar-refractivity contribution in [2.24, 2.45) is 5.92 Å². The molecule has 1 aromatic heterocycles. The van der Waals surface area contributed by atoms with Crippen molar-refractivity contribution in [1.29, 1.82) is 0 Å². The van der Waals surface area contributed by atoms with Crippen LogP contribution in [0.25, 0.3) is 0 Å². The largest absolute Gasteiger partial charge is 0.396 e. The number of aliphatic hydroxyl groups is 1. The number of aliphatic hydroxyl groups excluding tert-OH is 1. The normalized spacial score (nSPS) is 23.8. The fourth-order valence-electron chi connectivity index (χ4n) is 2.85. The Morgan fingerprint density at radius 3 is 2.84 bits per heavy atom. The minimum atomic E-state index is 0.303. The second-order valence-electron chi connectivity index (χ2n) is 5.92. The van der Waals surface area contributed by atoms with Crippen LogP contribution >= 0.6 is 0 Å². The van der Waals surface area contributed by atoms with Gasteiger partial charge in [-0.1, -0.05) is 32.8 Å². The Hall–Kier alpha value is -0.930. The third-order valence-electron chi connectivity index (χ3n) is 4.11. The molecule has 1 aliphatic carbocycles. The van der Waals surface area contributed by atoms with Gasteiger partial charge in [-0.2, -0.15) is 0 Å². The van der Waals surface area contributed by atoms with Gasteiger partial charge in [0.2, 0.25) is 0 Å². The lowest BCUT2D eigenvalue weighted by Gasteiger charge is -2.31. The standard InChI is InChI=1S/C16H26N2O/c1-12(2)15-9-5-7-14(18-15)10-17-16-8-4-3-6-13(16)11-19/h5,7,9,12-13,16-17,19H,3-4,6,8,10-11H2,1-2H3/t13-,16+/m1/s1. The van der Waals surface area contributed by atoms with E-state index >= 15 is 0 Å². The molecular formula is C16H26N2O. The zero-order chi connectivity index (χ0) is 13.7. The zero-order valence-electron chi connectivity index (χ0n) is 12.1. The summed E-state index contributed by atoms with van der Waals surface area (Å²) in [6.07, 6.45) is 4.85. The van der Waals surface area contributed by atoms with Crippen molar-refractivity contribution in [3.05, 3.63) is 29.6 Å². The van der Waals surface area contributed by atoms with Crippen molar-refractivity contribution in [2.45, 2.75) is 58.0 Å². The molecule has 0 bridgehead atoms. The maximum atomic E-state index is 9.42. The summed E-state index contributed by atoms with van der Waals surface area (Å²) in [6.45, 7) is 5.45. The third kappa shape index (κ3) is 4.02. The fraction of sp³-hybridized carbons (Fsp3) is 0.688. The van der Waals surface area contributed by atoms with Crippen molar-refractivity contribution < 1.29 is 5.11 Å². The predicted octanol–water partition coefficient (Wildman–Crippen LogP) is 2.85. The molecular weight excluding hydrogens is 236 g/mol. The summed E-state index contributed by atoms with van der Waals surface area (Å²) < 4.78 is 0. The summed E-state index contributed by atoms with van der Waals surface area (Å²) in [6, 6.07) is 6.70. The van der Waals surface area contributed by atoms with Crippen molar-refractivity contribution in [3.8, 4) is 0 Å². The maximum absolute atomic E-state index is 9.42. The first-order chi connectivity index (χ1) is 9.20. The Morgan fingerprint density at radius 2 is 2.11 bits per heavy atom. The van der Waals surface area contributed by atoms with Gasteiger partial charge in [-0.05, 0) is 36.8 Å². The summed E-state index contributed by atoms with van der Waals surface area (Å²) in [4.78, 5) is 4.68. The van der Waals surface area contributed by atoms with Gasteiger partial charge in [0.1, 0.15) is 0 Å². The SMILES string of the molecule is CC(C)c1cccc(CN[C@H]2CCCC[C@@H]2CO)n1. The van der Waals surface area contributed by atoms with Gasteiger partial charge in [-0.15, -0.1) is 0 Å². The molecule has 0 unspecified atom stereocenters. The minimum Gasteiger partial charge on any atom is -0.396 e. The molecule has 3 heteroatoms. The van der Waals surface area contributed by atoms with Crippen LogP contribution < -0.4 is 5.32 Å². The molecule has 2 rings (SSSR count). The molecule has 1 fully saturated rings. The molecule has 2 N–H and O–H groups in total. The van der Waals surface area contributed by atoms with Gasteiger partial charge in [-0.25, -0.2) is 0 Å². The molecule has 0 radical (unpaired) electrons. The van der Waals surface area contributed by atoms with Crippen LogP contribution in [-0.4, -0.2) is 22.7 Å². The van der Waals surface area contributed by atoms with Gasteiger partial charge in [0, 0.05) is 24.9 Å². The van der Waals surface area contributed by atoms with Gasteiger partial charge in [-0.3, -0.25) is 4.98 Å². The molecule has 1 saturated carbocycles. The van der Waals surface area contributed by atoms with Crippen LogP contribution in [0, 0.1) is 5.92 Å². The van der Waals surface area contributed by atoms with Gasteiger partial charge >= 0.3 is 0 Å². The Kier molecular flexibility index (Phi) is 5.34. The Morgan fingerprint density at radius 1 is 1.32 bits per heavy atom. The van der Waals surface area contributed by atoms with Crippen LogP contribution in [0.4, 0.5) is 0 Å². The maximum Gasteiger partial charge on any atom is 0.0545 e. The summed E-state index contributed by atoms with van der Waals surface area (Å²) in [7, 11) is 0. The lowest BCUT2D eigenvalue weighted by Crippen LogP contribution is -2.39. The number of nitrogens with one attached hydrogen (secondary N) is 1. The smallest absolute Gasteiger partial charge is 0.0545 e.